The number of carbonyl (C=O) groups excluding carboxylic acids is 1. The number of nitrogens with one attached hydrogen (secondary N) is 1. The van der Waals surface area contributed by atoms with Gasteiger partial charge < -0.3 is 10.1 Å². The second kappa shape index (κ2) is 5.60. The number of halogens is 1. The van der Waals surface area contributed by atoms with E-state index in [1.54, 1.807) is 0 Å². The van der Waals surface area contributed by atoms with Crippen molar-refractivity contribution in [3.8, 4) is 0 Å². The molecule has 2 atom stereocenters. The van der Waals surface area contributed by atoms with Crippen LogP contribution in [0, 0.1) is 5.92 Å². The molecular weight excluding hydrogens is 234 g/mol. The molecule has 0 radical (unpaired) electrons. The van der Waals surface area contributed by atoms with Crippen LogP contribution >= 0.6 is 15.9 Å². The molecule has 0 aromatic carbocycles. The number of alkyl halides is 1. The third-order valence-electron chi connectivity index (χ3n) is 2.34. The SMILES string of the molecule is CCC1OCCC1C(=O)NCCBr. The lowest BCUT2D eigenvalue weighted by Gasteiger charge is -2.15. The van der Waals surface area contributed by atoms with Crippen LogP contribution in [-0.4, -0.2) is 30.5 Å². The van der Waals surface area contributed by atoms with Gasteiger partial charge in [-0.1, -0.05) is 22.9 Å². The van der Waals surface area contributed by atoms with E-state index in [2.05, 4.69) is 28.2 Å². The van der Waals surface area contributed by atoms with Crippen molar-refractivity contribution in [3.63, 3.8) is 0 Å². The summed E-state index contributed by atoms with van der Waals surface area (Å²) in [5.41, 5.74) is 0. The third-order valence-corrected chi connectivity index (χ3v) is 2.74. The number of hydrogen-bond donors (Lipinski definition) is 1. The Morgan fingerprint density at radius 1 is 1.69 bits per heavy atom. The molecule has 1 amide bonds. The average molecular weight is 250 g/mol. The van der Waals surface area contributed by atoms with Crippen molar-refractivity contribution in [2.24, 2.45) is 5.92 Å². The van der Waals surface area contributed by atoms with Crippen LogP contribution in [0.1, 0.15) is 19.8 Å². The summed E-state index contributed by atoms with van der Waals surface area (Å²) in [5.74, 6) is 0.216. The van der Waals surface area contributed by atoms with Crippen molar-refractivity contribution < 1.29 is 9.53 Å². The van der Waals surface area contributed by atoms with Crippen molar-refractivity contribution in [2.75, 3.05) is 18.5 Å². The van der Waals surface area contributed by atoms with Crippen molar-refractivity contribution in [1.29, 1.82) is 0 Å². The van der Waals surface area contributed by atoms with E-state index in [0.29, 0.717) is 6.54 Å². The monoisotopic (exact) mass is 249 g/mol. The normalized spacial score (nSPS) is 27.5. The van der Waals surface area contributed by atoms with Crippen molar-refractivity contribution in [2.45, 2.75) is 25.9 Å². The van der Waals surface area contributed by atoms with Crippen molar-refractivity contribution >= 4 is 21.8 Å². The van der Waals surface area contributed by atoms with Gasteiger partial charge in [0, 0.05) is 18.5 Å². The quantitative estimate of drug-likeness (QED) is 0.764. The molecular formula is C9H16BrNO2. The van der Waals surface area contributed by atoms with Crippen LogP contribution < -0.4 is 5.32 Å². The van der Waals surface area contributed by atoms with Gasteiger partial charge in [0.1, 0.15) is 0 Å². The minimum atomic E-state index is 0.0732. The first kappa shape index (κ1) is 11.0. The topological polar surface area (TPSA) is 38.3 Å². The molecule has 0 saturated carbocycles. The molecule has 1 rings (SSSR count). The molecule has 0 spiro atoms. The fraction of sp³-hybridized carbons (Fsp3) is 0.889. The molecule has 4 heteroatoms. The first-order valence-corrected chi connectivity index (χ1v) is 5.87. The van der Waals surface area contributed by atoms with E-state index in [0.717, 1.165) is 24.8 Å². The molecule has 1 N–H and O–H groups in total. The molecule has 76 valence electrons. The lowest BCUT2D eigenvalue weighted by molar-refractivity contribution is -0.126. The first-order chi connectivity index (χ1) is 6.29. The van der Waals surface area contributed by atoms with E-state index >= 15 is 0 Å². The van der Waals surface area contributed by atoms with Crippen molar-refractivity contribution in [1.82, 2.24) is 5.32 Å². The van der Waals surface area contributed by atoms with Gasteiger partial charge in [-0.3, -0.25) is 4.79 Å². The second-order valence-corrected chi connectivity index (χ2v) is 3.99. The highest BCUT2D eigenvalue weighted by Crippen LogP contribution is 2.23. The fourth-order valence-electron chi connectivity index (χ4n) is 1.65. The third kappa shape index (κ3) is 2.95. The zero-order chi connectivity index (χ0) is 9.68. The lowest BCUT2D eigenvalue weighted by atomic mass is 9.99. The van der Waals surface area contributed by atoms with Crippen LogP contribution in [0.3, 0.4) is 0 Å². The highest BCUT2D eigenvalue weighted by atomic mass is 79.9. The Labute approximate surface area is 87.3 Å². The summed E-state index contributed by atoms with van der Waals surface area (Å²) >= 11 is 3.27. The smallest absolute Gasteiger partial charge is 0.225 e. The molecule has 0 aromatic heterocycles. The first-order valence-electron chi connectivity index (χ1n) is 4.74. The van der Waals surface area contributed by atoms with Crippen LogP contribution in [-0.2, 0) is 9.53 Å². The van der Waals surface area contributed by atoms with E-state index in [1.807, 2.05) is 0 Å². The van der Waals surface area contributed by atoms with Crippen LogP contribution in [0.4, 0.5) is 0 Å². The average Bonchev–Trinajstić information content (AvgIpc) is 2.61. The van der Waals surface area contributed by atoms with Gasteiger partial charge in [0.25, 0.3) is 0 Å². The number of carbonyl (C=O) groups is 1. The van der Waals surface area contributed by atoms with Gasteiger partial charge in [0.2, 0.25) is 5.91 Å². The molecule has 1 heterocycles. The Bertz CT molecular complexity index is 175. The highest BCUT2D eigenvalue weighted by molar-refractivity contribution is 9.09. The number of ether oxygens (including phenoxy) is 1. The number of hydrogen-bond acceptors (Lipinski definition) is 2. The van der Waals surface area contributed by atoms with Gasteiger partial charge in [0.15, 0.2) is 0 Å². The van der Waals surface area contributed by atoms with Crippen LogP contribution in [0.15, 0.2) is 0 Å². The molecule has 0 aliphatic carbocycles. The zero-order valence-corrected chi connectivity index (χ0v) is 9.47. The molecule has 2 unspecified atom stereocenters. The maximum Gasteiger partial charge on any atom is 0.225 e. The van der Waals surface area contributed by atoms with Gasteiger partial charge in [0.05, 0.1) is 12.0 Å². The lowest BCUT2D eigenvalue weighted by Crippen LogP contribution is -2.35. The molecule has 13 heavy (non-hydrogen) atoms. The van der Waals surface area contributed by atoms with E-state index in [4.69, 9.17) is 4.74 Å². The Hall–Kier alpha value is -0.0900. The largest absolute Gasteiger partial charge is 0.377 e. The molecule has 3 nitrogen and oxygen atoms in total. The van der Waals surface area contributed by atoms with Gasteiger partial charge >= 0.3 is 0 Å². The van der Waals surface area contributed by atoms with Gasteiger partial charge in [-0.2, -0.15) is 0 Å². The Balaban J connectivity index is 2.36. The number of amides is 1. The molecule has 0 bridgehead atoms. The summed E-state index contributed by atoms with van der Waals surface area (Å²) in [7, 11) is 0. The predicted octanol–water partition coefficient (Wildman–Crippen LogP) is 1.31. The van der Waals surface area contributed by atoms with Gasteiger partial charge in [-0.15, -0.1) is 0 Å². The van der Waals surface area contributed by atoms with Gasteiger partial charge in [-0.25, -0.2) is 0 Å². The van der Waals surface area contributed by atoms with Crippen LogP contribution in [0.5, 0.6) is 0 Å². The summed E-state index contributed by atoms with van der Waals surface area (Å²) in [6.45, 7) is 3.48. The van der Waals surface area contributed by atoms with E-state index in [-0.39, 0.29) is 17.9 Å². The van der Waals surface area contributed by atoms with Crippen LogP contribution in [0.2, 0.25) is 0 Å². The molecule has 1 saturated heterocycles. The van der Waals surface area contributed by atoms with E-state index in [1.165, 1.54) is 0 Å². The standard InChI is InChI=1S/C9H16BrNO2/c1-2-8-7(3-6-13-8)9(12)11-5-4-10/h7-8H,2-6H2,1H3,(H,11,12). The molecule has 0 aromatic rings. The molecule has 1 aliphatic rings. The summed E-state index contributed by atoms with van der Waals surface area (Å²) in [5, 5.41) is 3.68. The highest BCUT2D eigenvalue weighted by Gasteiger charge is 2.32. The Morgan fingerprint density at radius 2 is 2.46 bits per heavy atom. The fourth-order valence-corrected chi connectivity index (χ4v) is 1.85. The maximum atomic E-state index is 11.6. The van der Waals surface area contributed by atoms with E-state index in [9.17, 15) is 4.79 Å². The summed E-state index contributed by atoms with van der Waals surface area (Å²) in [6, 6.07) is 0. The predicted molar refractivity (Wildman–Crippen MR) is 54.9 cm³/mol. The summed E-state index contributed by atoms with van der Waals surface area (Å²) in [4.78, 5) is 11.6. The molecule has 1 fully saturated rings. The number of rotatable bonds is 4. The Morgan fingerprint density at radius 3 is 3.08 bits per heavy atom. The van der Waals surface area contributed by atoms with Crippen LogP contribution in [0.25, 0.3) is 0 Å². The van der Waals surface area contributed by atoms with Crippen molar-refractivity contribution in [3.05, 3.63) is 0 Å². The maximum absolute atomic E-state index is 11.6. The Kier molecular flexibility index (Phi) is 4.73. The minimum absolute atomic E-state index is 0.0732. The molecule has 1 aliphatic heterocycles. The zero-order valence-electron chi connectivity index (χ0n) is 7.88. The minimum Gasteiger partial charge on any atom is -0.377 e. The summed E-state index contributed by atoms with van der Waals surface area (Å²) in [6.07, 6.45) is 1.93. The second-order valence-electron chi connectivity index (χ2n) is 3.19. The van der Waals surface area contributed by atoms with Gasteiger partial charge in [-0.05, 0) is 12.8 Å². The summed E-state index contributed by atoms with van der Waals surface area (Å²) < 4.78 is 5.44. The van der Waals surface area contributed by atoms with E-state index < -0.39 is 0 Å².